The first-order chi connectivity index (χ1) is 16.7. The second-order valence-electron chi connectivity index (χ2n) is 7.01. The number of nitrogens with zero attached hydrogens (tertiary/aromatic N) is 1. The number of phosphoric acid groups is 1. The number of aliphatic hydroxyl groups excluding tert-OH is 3. The van der Waals surface area contributed by atoms with Crippen LogP contribution in [0.2, 0.25) is 0 Å². The number of carbonyl (C=O) groups is 1. The highest BCUT2D eigenvalue weighted by molar-refractivity contribution is 7.49. The van der Waals surface area contributed by atoms with Crippen molar-refractivity contribution in [3.8, 4) is 11.5 Å². The number of phosphoric ester groups is 1. The molecule has 1 aromatic carbocycles. The standard InChI is InChI=1S/C19H22FN2O10P/c1-10-21-17(26)12(7-23)6-22(10)18-14(24)16(25)19(20,31-18)9-30-33(27)29-8-11-4-3-5-13(28-2)15(11)32-33/h3-6,14,16,18,23-25H,1,7-9H2,2H3,(H,21,26)/t14-,16+,18-,19-,33?/m1/s1/i9D2,18D. The van der Waals surface area contributed by atoms with Crippen molar-refractivity contribution in [1.29, 1.82) is 0 Å². The van der Waals surface area contributed by atoms with E-state index in [1.807, 2.05) is 0 Å². The molecule has 0 aromatic heterocycles. The molecule has 12 nitrogen and oxygen atoms in total. The van der Waals surface area contributed by atoms with Gasteiger partial charge in [-0.2, -0.15) is 0 Å². The summed E-state index contributed by atoms with van der Waals surface area (Å²) < 4.78 is 78.8. The van der Waals surface area contributed by atoms with Crippen molar-refractivity contribution < 1.29 is 56.2 Å². The Morgan fingerprint density at radius 2 is 2.27 bits per heavy atom. The second-order valence-corrected chi connectivity index (χ2v) is 8.53. The molecule has 33 heavy (non-hydrogen) atoms. The van der Waals surface area contributed by atoms with Crippen molar-refractivity contribution >= 4 is 13.7 Å². The number of fused-ring (bicyclic) bond motifs is 1. The van der Waals surface area contributed by atoms with Crippen molar-refractivity contribution in [3.63, 3.8) is 0 Å². The lowest BCUT2D eigenvalue weighted by Gasteiger charge is -2.34. The Bertz CT molecular complexity index is 1170. The Morgan fingerprint density at radius 1 is 1.52 bits per heavy atom. The van der Waals surface area contributed by atoms with E-state index >= 15 is 4.39 Å². The van der Waals surface area contributed by atoms with Gasteiger partial charge in [0.15, 0.2) is 17.7 Å². The zero-order valence-corrected chi connectivity index (χ0v) is 18.0. The number of hydrogen-bond acceptors (Lipinski definition) is 11. The van der Waals surface area contributed by atoms with Crippen LogP contribution in [-0.4, -0.2) is 70.7 Å². The number of para-hydroxylation sites is 1. The lowest BCUT2D eigenvalue weighted by atomic mass is 10.1. The Balaban J connectivity index is 1.65. The van der Waals surface area contributed by atoms with Gasteiger partial charge in [-0.05, 0) is 6.07 Å². The summed E-state index contributed by atoms with van der Waals surface area (Å²) in [6, 6.07) is 4.58. The van der Waals surface area contributed by atoms with E-state index < -0.39 is 63.6 Å². The number of ether oxygens (including phenoxy) is 2. The Labute approximate surface area is 191 Å². The molecule has 3 aliphatic heterocycles. The van der Waals surface area contributed by atoms with Crippen molar-refractivity contribution in [1.82, 2.24) is 10.2 Å². The minimum Gasteiger partial charge on any atom is -0.493 e. The average Bonchev–Trinajstić information content (AvgIpc) is 2.99. The van der Waals surface area contributed by atoms with Gasteiger partial charge in [0, 0.05) is 11.8 Å². The highest BCUT2D eigenvalue weighted by atomic mass is 31.2. The van der Waals surface area contributed by atoms with Crippen LogP contribution >= 0.6 is 7.82 Å². The van der Waals surface area contributed by atoms with Crippen LogP contribution in [0.4, 0.5) is 4.39 Å². The van der Waals surface area contributed by atoms with Gasteiger partial charge in [-0.15, -0.1) is 0 Å². The number of hydrogen-bond donors (Lipinski definition) is 4. The molecule has 1 fully saturated rings. The van der Waals surface area contributed by atoms with Gasteiger partial charge in [0.1, 0.15) is 24.6 Å². The van der Waals surface area contributed by atoms with Crippen molar-refractivity contribution in [2.75, 3.05) is 20.3 Å². The summed E-state index contributed by atoms with van der Waals surface area (Å²) >= 11 is 0. The number of nitrogens with one attached hydrogen (secondary N) is 1. The van der Waals surface area contributed by atoms with Crippen molar-refractivity contribution in [2.45, 2.75) is 30.9 Å². The third-order valence-electron chi connectivity index (χ3n) is 4.88. The smallest absolute Gasteiger partial charge is 0.493 e. The first-order valence-corrected chi connectivity index (χ1v) is 10.8. The molecule has 3 heterocycles. The average molecular weight is 491 g/mol. The highest BCUT2D eigenvalue weighted by Gasteiger charge is 2.58. The number of alkyl halides is 1. The summed E-state index contributed by atoms with van der Waals surface area (Å²) in [7, 11) is -3.63. The van der Waals surface area contributed by atoms with E-state index in [0.29, 0.717) is 10.5 Å². The van der Waals surface area contributed by atoms with Crippen LogP contribution in [0.1, 0.15) is 9.68 Å². The number of methoxy groups -OCH3 is 1. The summed E-state index contributed by atoms with van der Waals surface area (Å²) in [6.07, 6.45) is -7.52. The third-order valence-corrected chi connectivity index (χ3v) is 6.04. The predicted octanol–water partition coefficient (Wildman–Crippen LogP) is 0.252. The molecule has 4 rings (SSSR count). The topological polar surface area (TPSA) is 156 Å². The molecule has 0 radical (unpaired) electrons. The minimum absolute atomic E-state index is 0.102. The van der Waals surface area contributed by atoms with Gasteiger partial charge < -0.3 is 39.5 Å². The molecular weight excluding hydrogens is 466 g/mol. The van der Waals surface area contributed by atoms with Gasteiger partial charge in [-0.3, -0.25) is 13.8 Å². The quantitative estimate of drug-likeness (QED) is 0.405. The zero-order valence-electron chi connectivity index (χ0n) is 20.1. The number of carbonyl (C=O) groups excluding carboxylic acids is 1. The molecule has 1 aromatic rings. The number of amides is 1. The lowest BCUT2D eigenvalue weighted by molar-refractivity contribution is -0.208. The molecule has 4 N–H and O–H groups in total. The molecular formula is C19H22FN2O10P. The lowest BCUT2D eigenvalue weighted by Crippen LogP contribution is -2.48. The van der Waals surface area contributed by atoms with Gasteiger partial charge >= 0.3 is 7.82 Å². The summed E-state index contributed by atoms with van der Waals surface area (Å²) in [4.78, 5) is 12.4. The molecule has 1 amide bonds. The normalized spacial score (nSPS) is 37.8. The van der Waals surface area contributed by atoms with E-state index in [9.17, 15) is 24.7 Å². The van der Waals surface area contributed by atoms with E-state index in [4.69, 9.17) is 27.2 Å². The fourth-order valence-corrected chi connectivity index (χ4v) is 4.25. The number of benzene rings is 1. The van der Waals surface area contributed by atoms with Crippen LogP contribution in [0.3, 0.4) is 0 Å². The summed E-state index contributed by atoms with van der Waals surface area (Å²) in [6.45, 7) is -1.62. The van der Waals surface area contributed by atoms with Crippen LogP contribution in [0, 0.1) is 0 Å². The van der Waals surface area contributed by atoms with Gasteiger partial charge in [0.05, 0.1) is 30.0 Å². The monoisotopic (exact) mass is 491 g/mol. The predicted molar refractivity (Wildman–Crippen MR) is 107 cm³/mol. The first kappa shape index (κ1) is 19.9. The number of halogens is 1. The van der Waals surface area contributed by atoms with Crippen LogP contribution in [0.5, 0.6) is 11.5 Å². The van der Waals surface area contributed by atoms with Gasteiger partial charge in [-0.25, -0.2) is 8.96 Å². The number of rotatable bonds is 6. The molecule has 0 bridgehead atoms. The van der Waals surface area contributed by atoms with E-state index in [2.05, 4.69) is 11.9 Å². The Kier molecular flexibility index (Phi) is 5.24. The summed E-state index contributed by atoms with van der Waals surface area (Å²) in [5, 5.41) is 32.4. The molecule has 1 saturated heterocycles. The molecule has 5 atom stereocenters. The van der Waals surface area contributed by atoms with E-state index in [-0.39, 0.29) is 17.1 Å². The van der Waals surface area contributed by atoms with E-state index in [0.717, 1.165) is 6.20 Å². The third kappa shape index (κ3) is 4.24. The molecule has 14 heteroatoms. The van der Waals surface area contributed by atoms with Crippen LogP contribution < -0.4 is 14.6 Å². The molecule has 180 valence electrons. The Hall–Kier alpha value is -2.51. The van der Waals surface area contributed by atoms with Crippen LogP contribution in [0.15, 0.2) is 42.4 Å². The number of aliphatic hydroxyl groups is 3. The van der Waals surface area contributed by atoms with E-state index in [1.54, 1.807) is 12.1 Å². The maximum Gasteiger partial charge on any atom is 0.530 e. The first-order valence-electron chi connectivity index (χ1n) is 10.9. The van der Waals surface area contributed by atoms with Crippen LogP contribution in [0.25, 0.3) is 0 Å². The van der Waals surface area contributed by atoms with Gasteiger partial charge in [0.2, 0.25) is 0 Å². The van der Waals surface area contributed by atoms with Crippen molar-refractivity contribution in [3.05, 3.63) is 47.9 Å². The largest absolute Gasteiger partial charge is 0.530 e. The van der Waals surface area contributed by atoms with E-state index in [1.165, 1.54) is 13.2 Å². The minimum atomic E-state index is -4.92. The summed E-state index contributed by atoms with van der Waals surface area (Å²) in [5.74, 6) is -5.26. The molecule has 0 aliphatic carbocycles. The molecule has 0 spiro atoms. The van der Waals surface area contributed by atoms with Gasteiger partial charge in [-0.1, -0.05) is 18.7 Å². The van der Waals surface area contributed by atoms with Crippen molar-refractivity contribution in [2.24, 2.45) is 0 Å². The molecule has 3 aliphatic rings. The fourth-order valence-electron chi connectivity index (χ4n) is 3.15. The molecule has 0 saturated carbocycles. The maximum atomic E-state index is 16.0. The zero-order chi connectivity index (χ0) is 26.7. The Morgan fingerprint density at radius 3 is 2.97 bits per heavy atom. The SMILES string of the molecule is [2H]C([2H])(OP1(=O)OCc2cccc(OC)c2O1)[C@@]1(F)O[C@@]([2H])(N2C=C(CO)C(=O)NC2=C)[C@H](O)[C@@H]1O. The van der Waals surface area contributed by atoms with Gasteiger partial charge in [0.25, 0.3) is 11.8 Å². The maximum absolute atomic E-state index is 16.0. The second kappa shape index (κ2) is 8.69. The fraction of sp³-hybridized carbons (Fsp3) is 0.421. The highest BCUT2D eigenvalue weighted by Crippen LogP contribution is 2.57. The summed E-state index contributed by atoms with van der Waals surface area (Å²) in [5.41, 5.74) is 0.0332. The van der Waals surface area contributed by atoms with Crippen LogP contribution in [-0.2, 0) is 29.8 Å². The molecule has 1 unspecified atom stereocenters.